The van der Waals surface area contributed by atoms with Crippen LogP contribution in [0.2, 0.25) is 0 Å². The SMILES string of the molecule is CCOc1cc2ncc(C#N)c(NC3=CC=C(OCC4CCCC=N4)C(Cl)C3)c2cc1NC(O)CCCN(C)C. The van der Waals surface area contributed by atoms with Crippen LogP contribution in [-0.2, 0) is 4.74 Å². The second-order valence-corrected chi connectivity index (χ2v) is 10.9. The molecule has 3 atom stereocenters. The summed E-state index contributed by atoms with van der Waals surface area (Å²) in [5, 5.41) is 27.6. The van der Waals surface area contributed by atoms with E-state index in [1.165, 1.54) is 0 Å². The highest BCUT2D eigenvalue weighted by Gasteiger charge is 2.22. The van der Waals surface area contributed by atoms with Crippen LogP contribution in [0.3, 0.4) is 0 Å². The number of fused-ring (bicyclic) bond motifs is 1. The van der Waals surface area contributed by atoms with Gasteiger partial charge in [-0.25, -0.2) is 0 Å². The van der Waals surface area contributed by atoms with Gasteiger partial charge in [0.1, 0.15) is 30.4 Å². The van der Waals surface area contributed by atoms with Gasteiger partial charge in [0.15, 0.2) is 0 Å². The summed E-state index contributed by atoms with van der Waals surface area (Å²) in [4.78, 5) is 11.1. The minimum absolute atomic E-state index is 0.180. The monoisotopic (exact) mass is 566 g/mol. The second-order valence-electron chi connectivity index (χ2n) is 10.3. The van der Waals surface area contributed by atoms with Gasteiger partial charge in [0, 0.05) is 29.8 Å². The molecule has 40 heavy (non-hydrogen) atoms. The number of anilines is 2. The molecule has 0 saturated carbocycles. The van der Waals surface area contributed by atoms with Gasteiger partial charge in [0.05, 0.1) is 40.5 Å². The number of aromatic nitrogens is 1. The molecule has 2 aromatic rings. The molecule has 1 aromatic carbocycles. The lowest BCUT2D eigenvalue weighted by molar-refractivity contribution is 0.180. The van der Waals surface area contributed by atoms with Crippen molar-refractivity contribution < 1.29 is 14.6 Å². The van der Waals surface area contributed by atoms with Gasteiger partial charge < -0.3 is 30.1 Å². The Bertz CT molecular complexity index is 1300. The van der Waals surface area contributed by atoms with Crippen LogP contribution in [0.5, 0.6) is 5.75 Å². The second kappa shape index (κ2) is 14.4. The van der Waals surface area contributed by atoms with E-state index < -0.39 is 6.23 Å². The lowest BCUT2D eigenvalue weighted by Crippen LogP contribution is -2.22. The number of nitrogens with one attached hydrogen (secondary N) is 2. The number of aliphatic hydroxyl groups excluding tert-OH is 1. The van der Waals surface area contributed by atoms with Gasteiger partial charge in [-0.15, -0.1) is 11.6 Å². The molecule has 2 heterocycles. The summed E-state index contributed by atoms with van der Waals surface area (Å²) >= 11 is 6.71. The lowest BCUT2D eigenvalue weighted by atomic mass is 10.0. The van der Waals surface area contributed by atoms with Crippen molar-refractivity contribution in [1.29, 1.82) is 5.26 Å². The molecule has 0 amide bonds. The van der Waals surface area contributed by atoms with Crippen molar-refractivity contribution in [2.75, 3.05) is 44.5 Å². The number of rotatable bonds is 13. The first-order valence-corrected chi connectivity index (χ1v) is 14.4. The van der Waals surface area contributed by atoms with Crippen molar-refractivity contribution in [1.82, 2.24) is 9.88 Å². The average molecular weight is 567 g/mol. The van der Waals surface area contributed by atoms with E-state index in [0.717, 1.165) is 49.1 Å². The largest absolute Gasteiger partial charge is 0.494 e. The summed E-state index contributed by atoms with van der Waals surface area (Å²) in [6, 6.07) is 6.14. The molecule has 9 nitrogen and oxygen atoms in total. The minimum Gasteiger partial charge on any atom is -0.494 e. The van der Waals surface area contributed by atoms with E-state index in [1.54, 1.807) is 6.20 Å². The Kier molecular flexibility index (Phi) is 10.6. The van der Waals surface area contributed by atoms with Crippen LogP contribution in [0.25, 0.3) is 10.9 Å². The predicted molar refractivity (Wildman–Crippen MR) is 161 cm³/mol. The molecule has 1 aromatic heterocycles. The maximum absolute atomic E-state index is 10.7. The molecule has 3 unspecified atom stereocenters. The lowest BCUT2D eigenvalue weighted by Gasteiger charge is -2.24. The summed E-state index contributed by atoms with van der Waals surface area (Å²) in [5.41, 5.74) is 3.20. The molecule has 3 N–H and O–H groups in total. The quantitative estimate of drug-likeness (QED) is 0.218. The Balaban J connectivity index is 1.57. The fourth-order valence-corrected chi connectivity index (χ4v) is 5.08. The zero-order chi connectivity index (χ0) is 28.5. The first kappa shape index (κ1) is 29.7. The minimum atomic E-state index is -0.749. The maximum atomic E-state index is 10.7. The standard InChI is InChI=1S/C30H39ClN6O3/c1-4-39-28-16-25-23(15-26(28)36-29(38)9-7-13-37(2)3)30(20(17-32)18-34-25)35-21-10-11-27(24(31)14-21)40-19-22-8-5-6-12-33-22/h10-12,15-16,18,22,24,29,36,38H,4-9,13-14,19H2,1-3H3,(H,34,35). The molecule has 0 radical (unpaired) electrons. The number of pyridine rings is 1. The molecule has 10 heteroatoms. The number of benzene rings is 1. The summed E-state index contributed by atoms with van der Waals surface area (Å²) in [6.45, 7) is 3.78. The fraction of sp³-hybridized carbons (Fsp3) is 0.500. The third kappa shape index (κ3) is 7.87. The smallest absolute Gasteiger partial charge is 0.144 e. The van der Waals surface area contributed by atoms with E-state index in [1.807, 2.05) is 51.5 Å². The number of nitriles is 1. The van der Waals surface area contributed by atoms with Crippen molar-refractivity contribution in [3.63, 3.8) is 0 Å². The third-order valence-corrected chi connectivity index (χ3v) is 7.24. The zero-order valence-corrected chi connectivity index (χ0v) is 24.2. The van der Waals surface area contributed by atoms with Gasteiger partial charge >= 0.3 is 0 Å². The van der Waals surface area contributed by atoms with E-state index in [9.17, 15) is 10.4 Å². The third-order valence-electron chi connectivity index (χ3n) is 6.87. The number of ether oxygens (including phenoxy) is 2. The Hall–Kier alpha value is -3.32. The molecule has 2 aliphatic rings. The van der Waals surface area contributed by atoms with E-state index in [0.29, 0.717) is 54.3 Å². The molecule has 0 fully saturated rings. The van der Waals surface area contributed by atoms with E-state index in [2.05, 4.69) is 31.6 Å². The number of alkyl halides is 1. The fourth-order valence-electron chi connectivity index (χ4n) is 4.78. The van der Waals surface area contributed by atoms with E-state index in [4.69, 9.17) is 21.1 Å². The molecule has 214 valence electrons. The molecular weight excluding hydrogens is 528 g/mol. The van der Waals surface area contributed by atoms with Crippen LogP contribution in [-0.4, -0.2) is 72.7 Å². The summed E-state index contributed by atoms with van der Waals surface area (Å²) in [5.74, 6) is 1.32. The molecule has 0 saturated heterocycles. The van der Waals surface area contributed by atoms with E-state index in [-0.39, 0.29) is 11.4 Å². The topological polar surface area (TPSA) is 115 Å². The predicted octanol–water partition coefficient (Wildman–Crippen LogP) is 5.41. The number of hydrogen-bond donors (Lipinski definition) is 3. The molecule has 0 bridgehead atoms. The summed E-state index contributed by atoms with van der Waals surface area (Å²) in [6.07, 6.45) is 11.7. The number of halogens is 1. The van der Waals surface area contributed by atoms with Crippen LogP contribution >= 0.6 is 11.6 Å². The van der Waals surface area contributed by atoms with Crippen LogP contribution in [0.15, 0.2) is 46.9 Å². The van der Waals surface area contributed by atoms with Crippen LogP contribution in [0.1, 0.15) is 51.0 Å². The van der Waals surface area contributed by atoms with Gasteiger partial charge in [0.2, 0.25) is 0 Å². The summed E-state index contributed by atoms with van der Waals surface area (Å²) in [7, 11) is 4.02. The highest BCUT2D eigenvalue weighted by Crippen LogP contribution is 2.37. The molecule has 0 spiro atoms. The number of aliphatic imine (C=N–C) groups is 1. The van der Waals surface area contributed by atoms with Crippen molar-refractivity contribution in [2.45, 2.75) is 63.1 Å². The van der Waals surface area contributed by atoms with Crippen molar-refractivity contribution in [3.05, 3.63) is 47.5 Å². The van der Waals surface area contributed by atoms with Gasteiger partial charge in [-0.1, -0.05) is 0 Å². The summed E-state index contributed by atoms with van der Waals surface area (Å²) < 4.78 is 11.9. The van der Waals surface area contributed by atoms with Gasteiger partial charge in [-0.05, 0) is 84.1 Å². The van der Waals surface area contributed by atoms with Gasteiger partial charge in [-0.2, -0.15) is 5.26 Å². The van der Waals surface area contributed by atoms with Gasteiger partial charge in [0.25, 0.3) is 0 Å². The van der Waals surface area contributed by atoms with Crippen molar-refractivity contribution in [2.24, 2.45) is 4.99 Å². The zero-order valence-electron chi connectivity index (χ0n) is 23.5. The van der Waals surface area contributed by atoms with Crippen LogP contribution in [0.4, 0.5) is 11.4 Å². The maximum Gasteiger partial charge on any atom is 0.144 e. The number of allylic oxidation sites excluding steroid dienone is 4. The van der Waals surface area contributed by atoms with E-state index >= 15 is 0 Å². The Labute approximate surface area is 241 Å². The van der Waals surface area contributed by atoms with Crippen molar-refractivity contribution >= 4 is 40.1 Å². The average Bonchev–Trinajstić information content (AvgIpc) is 2.94. The molecule has 1 aliphatic heterocycles. The molecule has 1 aliphatic carbocycles. The van der Waals surface area contributed by atoms with Crippen LogP contribution in [0, 0.1) is 11.3 Å². The number of nitrogens with zero attached hydrogens (tertiary/aromatic N) is 4. The molecule has 4 rings (SSSR count). The highest BCUT2D eigenvalue weighted by molar-refractivity contribution is 6.22. The molecular formula is C30H39ClN6O3. The first-order chi connectivity index (χ1) is 19.4. The van der Waals surface area contributed by atoms with Crippen molar-refractivity contribution in [3.8, 4) is 11.8 Å². The number of aliphatic hydroxyl groups is 1. The Morgan fingerprint density at radius 3 is 2.83 bits per heavy atom. The van der Waals surface area contributed by atoms with Crippen LogP contribution < -0.4 is 15.4 Å². The normalized spacial score (nSPS) is 19.5. The van der Waals surface area contributed by atoms with Gasteiger partial charge in [-0.3, -0.25) is 9.98 Å². The Morgan fingerprint density at radius 1 is 1.27 bits per heavy atom. The number of hydrogen-bond acceptors (Lipinski definition) is 9. The Morgan fingerprint density at radius 2 is 2.12 bits per heavy atom. The highest BCUT2D eigenvalue weighted by atomic mass is 35.5. The first-order valence-electron chi connectivity index (χ1n) is 13.9.